The van der Waals surface area contributed by atoms with Gasteiger partial charge in [-0.3, -0.25) is 0 Å². The Balaban J connectivity index is 2.73. The molecule has 0 aliphatic carbocycles. The van der Waals surface area contributed by atoms with Crippen LogP contribution >= 0.6 is 11.3 Å². The predicted octanol–water partition coefficient (Wildman–Crippen LogP) is 3.16. The second kappa shape index (κ2) is 3.42. The number of carboxylic acid groups (broad SMARTS) is 1. The highest BCUT2D eigenvalue weighted by Crippen LogP contribution is 2.28. The molecule has 1 heterocycles. The molecule has 0 bridgehead atoms. The third-order valence-electron chi connectivity index (χ3n) is 2.17. The zero-order chi connectivity index (χ0) is 10.1. The zero-order valence-corrected chi connectivity index (χ0v) is 8.60. The number of carboxylic acids is 1. The van der Waals surface area contributed by atoms with Gasteiger partial charge in [0.1, 0.15) is 0 Å². The lowest BCUT2D eigenvalue weighted by Crippen LogP contribution is -1.94. The highest BCUT2D eigenvalue weighted by Gasteiger charge is 2.10. The molecule has 2 rings (SSSR count). The van der Waals surface area contributed by atoms with Crippen LogP contribution in [0.2, 0.25) is 0 Å². The van der Waals surface area contributed by atoms with Crippen molar-refractivity contribution in [1.82, 2.24) is 0 Å². The molecule has 0 saturated heterocycles. The molecule has 72 valence electrons. The number of rotatable bonds is 2. The maximum atomic E-state index is 10.9. The van der Waals surface area contributed by atoms with E-state index in [0.717, 1.165) is 16.5 Å². The highest BCUT2D eigenvalue weighted by atomic mass is 32.1. The van der Waals surface area contributed by atoms with Crippen LogP contribution < -0.4 is 0 Å². The largest absolute Gasteiger partial charge is 0.478 e. The van der Waals surface area contributed by atoms with E-state index in [4.69, 9.17) is 5.11 Å². The van der Waals surface area contributed by atoms with Crippen LogP contribution in [0.5, 0.6) is 0 Å². The molecule has 2 aromatic rings. The van der Waals surface area contributed by atoms with E-state index in [1.807, 2.05) is 6.07 Å². The van der Waals surface area contributed by atoms with Crippen LogP contribution in [0, 0.1) is 0 Å². The zero-order valence-electron chi connectivity index (χ0n) is 7.78. The van der Waals surface area contributed by atoms with E-state index in [-0.39, 0.29) is 0 Å². The van der Waals surface area contributed by atoms with E-state index < -0.39 is 5.97 Å². The third-order valence-corrected chi connectivity index (χ3v) is 3.50. The normalized spacial score (nSPS) is 10.6. The fourth-order valence-electron chi connectivity index (χ4n) is 1.46. The minimum atomic E-state index is -0.847. The fourth-order valence-corrected chi connectivity index (χ4v) is 2.56. The third kappa shape index (κ3) is 1.40. The van der Waals surface area contributed by atoms with Crippen molar-refractivity contribution < 1.29 is 9.90 Å². The molecule has 0 amide bonds. The Bertz CT molecular complexity index is 485. The molecule has 0 spiro atoms. The molecule has 0 saturated carbocycles. The smallest absolute Gasteiger partial charge is 0.337 e. The van der Waals surface area contributed by atoms with Crippen molar-refractivity contribution in [2.75, 3.05) is 0 Å². The number of aryl methyl sites for hydroxylation is 1. The van der Waals surface area contributed by atoms with Gasteiger partial charge in [0.05, 0.1) is 5.56 Å². The molecular weight excluding hydrogens is 196 g/mol. The number of fused-ring (bicyclic) bond motifs is 1. The number of benzene rings is 1. The summed E-state index contributed by atoms with van der Waals surface area (Å²) < 4.78 is 0.886. The van der Waals surface area contributed by atoms with Crippen LogP contribution in [0.4, 0.5) is 0 Å². The number of hydrogen-bond donors (Lipinski definition) is 1. The molecule has 0 unspecified atom stereocenters. The number of thiophene rings is 1. The van der Waals surface area contributed by atoms with E-state index in [1.165, 1.54) is 4.88 Å². The Morgan fingerprint density at radius 2 is 2.29 bits per heavy atom. The van der Waals surface area contributed by atoms with Gasteiger partial charge in [-0.15, -0.1) is 11.3 Å². The molecule has 0 aliphatic heterocycles. The van der Waals surface area contributed by atoms with Crippen LogP contribution in [0.1, 0.15) is 22.2 Å². The van der Waals surface area contributed by atoms with E-state index in [2.05, 4.69) is 13.0 Å². The standard InChI is InChI=1S/C11H10O2S/c1-2-8-6-7-4-3-5-9(11(12)13)10(7)14-8/h3-6H,2H2,1H3,(H,12,13). The lowest BCUT2D eigenvalue weighted by atomic mass is 10.1. The van der Waals surface area contributed by atoms with Gasteiger partial charge < -0.3 is 5.11 Å². The van der Waals surface area contributed by atoms with E-state index in [9.17, 15) is 4.79 Å². The minimum Gasteiger partial charge on any atom is -0.478 e. The number of hydrogen-bond acceptors (Lipinski definition) is 2. The first-order valence-corrected chi connectivity index (χ1v) is 5.28. The Hall–Kier alpha value is -1.35. The molecule has 3 heteroatoms. The van der Waals surface area contributed by atoms with E-state index >= 15 is 0 Å². The van der Waals surface area contributed by atoms with Crippen LogP contribution in [0.25, 0.3) is 10.1 Å². The maximum Gasteiger partial charge on any atom is 0.337 e. The first-order valence-electron chi connectivity index (χ1n) is 4.47. The summed E-state index contributed by atoms with van der Waals surface area (Å²) in [7, 11) is 0. The van der Waals surface area contributed by atoms with Crippen LogP contribution in [-0.2, 0) is 6.42 Å². The topological polar surface area (TPSA) is 37.3 Å². The van der Waals surface area contributed by atoms with Gasteiger partial charge in [0, 0.05) is 9.58 Å². The first-order chi connectivity index (χ1) is 6.72. The molecule has 14 heavy (non-hydrogen) atoms. The van der Waals surface area contributed by atoms with Gasteiger partial charge in [-0.05, 0) is 23.9 Å². The molecule has 1 aromatic carbocycles. The van der Waals surface area contributed by atoms with Crippen molar-refractivity contribution in [3.05, 3.63) is 34.7 Å². The van der Waals surface area contributed by atoms with Crippen LogP contribution in [0.3, 0.4) is 0 Å². The van der Waals surface area contributed by atoms with Gasteiger partial charge in [-0.2, -0.15) is 0 Å². The van der Waals surface area contributed by atoms with Crippen molar-refractivity contribution in [1.29, 1.82) is 0 Å². The van der Waals surface area contributed by atoms with Crippen molar-refractivity contribution >= 4 is 27.4 Å². The molecule has 0 radical (unpaired) electrons. The summed E-state index contributed by atoms with van der Waals surface area (Å²) in [5.74, 6) is -0.847. The van der Waals surface area contributed by atoms with E-state index in [1.54, 1.807) is 23.5 Å². The Kier molecular flexibility index (Phi) is 2.25. The van der Waals surface area contributed by atoms with Gasteiger partial charge in [0.25, 0.3) is 0 Å². The predicted molar refractivity (Wildman–Crippen MR) is 58.2 cm³/mol. The summed E-state index contributed by atoms with van der Waals surface area (Å²) in [4.78, 5) is 12.1. The Morgan fingerprint density at radius 1 is 1.50 bits per heavy atom. The second-order valence-corrected chi connectivity index (χ2v) is 4.23. The summed E-state index contributed by atoms with van der Waals surface area (Å²) in [5, 5.41) is 10.0. The average molecular weight is 206 g/mol. The Labute approximate surface area is 85.8 Å². The monoisotopic (exact) mass is 206 g/mol. The van der Waals surface area contributed by atoms with Crippen LogP contribution in [0.15, 0.2) is 24.3 Å². The maximum absolute atomic E-state index is 10.9. The average Bonchev–Trinajstić information content (AvgIpc) is 2.59. The molecule has 1 N–H and O–H groups in total. The summed E-state index contributed by atoms with van der Waals surface area (Å²) in [6.07, 6.45) is 0.957. The van der Waals surface area contributed by atoms with Crippen molar-refractivity contribution in [2.45, 2.75) is 13.3 Å². The Morgan fingerprint density at radius 3 is 2.93 bits per heavy atom. The summed E-state index contributed by atoms with van der Waals surface area (Å²) >= 11 is 1.57. The number of carbonyl (C=O) groups is 1. The van der Waals surface area contributed by atoms with Gasteiger partial charge in [-0.1, -0.05) is 19.1 Å². The first kappa shape index (κ1) is 9.21. The van der Waals surface area contributed by atoms with Crippen molar-refractivity contribution in [3.63, 3.8) is 0 Å². The van der Waals surface area contributed by atoms with E-state index in [0.29, 0.717) is 5.56 Å². The quantitative estimate of drug-likeness (QED) is 0.819. The molecule has 0 aliphatic rings. The fraction of sp³-hybridized carbons (Fsp3) is 0.182. The van der Waals surface area contributed by atoms with Gasteiger partial charge in [-0.25, -0.2) is 4.79 Å². The van der Waals surface area contributed by atoms with Crippen LogP contribution in [-0.4, -0.2) is 11.1 Å². The summed E-state index contributed by atoms with van der Waals surface area (Å²) in [6.45, 7) is 2.07. The van der Waals surface area contributed by atoms with Crippen molar-refractivity contribution in [3.8, 4) is 0 Å². The second-order valence-electron chi connectivity index (χ2n) is 3.10. The molecular formula is C11H10O2S. The molecule has 2 nitrogen and oxygen atoms in total. The SMILES string of the molecule is CCc1cc2cccc(C(=O)O)c2s1. The highest BCUT2D eigenvalue weighted by molar-refractivity contribution is 7.19. The lowest BCUT2D eigenvalue weighted by molar-refractivity contribution is 0.0699. The van der Waals surface area contributed by atoms with Gasteiger partial charge in [0.2, 0.25) is 0 Å². The van der Waals surface area contributed by atoms with Crippen molar-refractivity contribution in [2.24, 2.45) is 0 Å². The molecule has 0 atom stereocenters. The summed E-state index contributed by atoms with van der Waals surface area (Å²) in [5.41, 5.74) is 0.409. The minimum absolute atomic E-state index is 0.409. The van der Waals surface area contributed by atoms with Gasteiger partial charge in [0.15, 0.2) is 0 Å². The molecule has 1 aromatic heterocycles. The molecule has 0 fully saturated rings. The van der Waals surface area contributed by atoms with Gasteiger partial charge >= 0.3 is 5.97 Å². The lowest BCUT2D eigenvalue weighted by Gasteiger charge is -1.94. The number of aromatic carboxylic acids is 1. The summed E-state index contributed by atoms with van der Waals surface area (Å²) in [6, 6.07) is 7.46.